The molecule has 0 radical (unpaired) electrons. The third-order valence-corrected chi connectivity index (χ3v) is 3.96. The maximum absolute atomic E-state index is 13.1. The van der Waals surface area contributed by atoms with E-state index in [1.54, 1.807) is 0 Å². The van der Waals surface area contributed by atoms with Crippen molar-refractivity contribution in [2.45, 2.75) is 10.9 Å². The number of aromatic carboxylic acids is 1. The summed E-state index contributed by atoms with van der Waals surface area (Å²) in [6.07, 6.45) is 0. The second-order valence-electron chi connectivity index (χ2n) is 3.80. The Morgan fingerprint density at radius 2 is 2.11 bits per heavy atom. The molecule has 18 heavy (non-hydrogen) atoms. The molecule has 0 spiro atoms. The van der Waals surface area contributed by atoms with Crippen LogP contribution in [0.4, 0.5) is 4.39 Å². The number of sulfonamides is 1. The zero-order valence-electron chi connectivity index (χ0n) is 9.09. The van der Waals surface area contributed by atoms with Gasteiger partial charge in [0.1, 0.15) is 5.82 Å². The number of ether oxygens (including phenoxy) is 1. The van der Waals surface area contributed by atoms with E-state index >= 15 is 0 Å². The number of carbonyl (C=O) groups is 1. The van der Waals surface area contributed by atoms with Crippen molar-refractivity contribution in [3.05, 3.63) is 29.6 Å². The highest BCUT2D eigenvalue weighted by molar-refractivity contribution is 7.89. The van der Waals surface area contributed by atoms with Crippen LogP contribution >= 0.6 is 0 Å². The molecule has 2 rings (SSSR count). The minimum atomic E-state index is -3.85. The molecule has 0 saturated carbocycles. The summed E-state index contributed by atoms with van der Waals surface area (Å²) in [6.45, 7) is 0.540. The molecule has 1 aromatic carbocycles. The second-order valence-corrected chi connectivity index (χ2v) is 5.52. The maximum Gasteiger partial charge on any atom is 0.338 e. The van der Waals surface area contributed by atoms with Crippen LogP contribution in [-0.2, 0) is 14.8 Å². The number of rotatable bonds is 4. The second kappa shape index (κ2) is 4.63. The smallest absolute Gasteiger partial charge is 0.338 e. The van der Waals surface area contributed by atoms with Crippen LogP contribution in [-0.4, -0.2) is 38.7 Å². The van der Waals surface area contributed by atoms with Crippen molar-refractivity contribution in [1.29, 1.82) is 0 Å². The minimum Gasteiger partial charge on any atom is -0.478 e. The first-order valence-corrected chi connectivity index (χ1v) is 6.51. The molecule has 1 saturated heterocycles. The first-order valence-electron chi connectivity index (χ1n) is 5.03. The number of benzene rings is 1. The Bertz CT molecular complexity index is 582. The summed E-state index contributed by atoms with van der Waals surface area (Å²) < 4.78 is 44.0. The van der Waals surface area contributed by atoms with Crippen molar-refractivity contribution in [3.63, 3.8) is 0 Å². The summed E-state index contributed by atoms with van der Waals surface area (Å²) in [6, 6.07) is 2.30. The van der Waals surface area contributed by atoms with Gasteiger partial charge in [-0.1, -0.05) is 0 Å². The van der Waals surface area contributed by atoms with E-state index in [0.717, 1.165) is 18.2 Å². The van der Waals surface area contributed by atoms with Gasteiger partial charge in [-0.25, -0.2) is 22.3 Å². The molecule has 0 atom stereocenters. The third-order valence-electron chi connectivity index (χ3n) is 2.44. The summed E-state index contributed by atoms with van der Waals surface area (Å²) in [5.41, 5.74) is -0.678. The Morgan fingerprint density at radius 1 is 1.44 bits per heavy atom. The number of hydrogen-bond acceptors (Lipinski definition) is 4. The molecule has 8 heteroatoms. The van der Waals surface area contributed by atoms with E-state index in [2.05, 4.69) is 4.72 Å². The molecule has 1 aromatic rings. The highest BCUT2D eigenvalue weighted by Crippen LogP contribution is 2.16. The Hall–Kier alpha value is -1.51. The maximum atomic E-state index is 13.1. The number of carboxylic acids is 1. The number of carboxylic acid groups (broad SMARTS) is 1. The molecule has 2 N–H and O–H groups in total. The molecule has 6 nitrogen and oxygen atoms in total. The van der Waals surface area contributed by atoms with Crippen LogP contribution in [0.5, 0.6) is 0 Å². The SMILES string of the molecule is O=C(O)c1cc(S(=O)(=O)NC2COC2)ccc1F. The van der Waals surface area contributed by atoms with Crippen LogP contribution in [0.15, 0.2) is 23.1 Å². The Labute approximate surface area is 102 Å². The lowest BCUT2D eigenvalue weighted by Gasteiger charge is -2.26. The molecule has 1 fully saturated rings. The van der Waals surface area contributed by atoms with Gasteiger partial charge in [-0.15, -0.1) is 0 Å². The number of nitrogens with one attached hydrogen (secondary N) is 1. The van der Waals surface area contributed by atoms with Crippen LogP contribution in [0.2, 0.25) is 0 Å². The van der Waals surface area contributed by atoms with Crippen molar-refractivity contribution in [1.82, 2.24) is 4.72 Å². The normalized spacial score (nSPS) is 16.3. The largest absolute Gasteiger partial charge is 0.478 e. The molecular formula is C10H10FNO5S. The first kappa shape index (κ1) is 12.9. The molecule has 0 amide bonds. The van der Waals surface area contributed by atoms with Crippen LogP contribution < -0.4 is 4.72 Å². The van der Waals surface area contributed by atoms with E-state index in [9.17, 15) is 17.6 Å². The van der Waals surface area contributed by atoms with Gasteiger partial charge in [-0.3, -0.25) is 0 Å². The average molecular weight is 275 g/mol. The summed E-state index contributed by atoms with van der Waals surface area (Å²) in [5.74, 6) is -2.50. The van der Waals surface area contributed by atoms with Crippen LogP contribution in [0.3, 0.4) is 0 Å². The fraction of sp³-hybridized carbons (Fsp3) is 0.300. The van der Waals surface area contributed by atoms with E-state index in [1.165, 1.54) is 0 Å². The van der Waals surface area contributed by atoms with Gasteiger partial charge in [0.2, 0.25) is 10.0 Å². The summed E-state index contributed by atoms with van der Waals surface area (Å²) in [5, 5.41) is 8.72. The Kier molecular flexibility index (Phi) is 3.33. The number of hydrogen-bond donors (Lipinski definition) is 2. The molecule has 1 aliphatic heterocycles. The fourth-order valence-electron chi connectivity index (χ4n) is 1.43. The molecular weight excluding hydrogens is 265 g/mol. The molecule has 0 aromatic heterocycles. The third kappa shape index (κ3) is 2.50. The van der Waals surface area contributed by atoms with Gasteiger partial charge in [0, 0.05) is 0 Å². The monoisotopic (exact) mass is 275 g/mol. The van der Waals surface area contributed by atoms with Crippen LogP contribution in [0.25, 0.3) is 0 Å². The zero-order chi connectivity index (χ0) is 13.3. The topological polar surface area (TPSA) is 92.7 Å². The minimum absolute atomic E-state index is 0.270. The Balaban J connectivity index is 2.32. The summed E-state index contributed by atoms with van der Waals surface area (Å²) >= 11 is 0. The standard InChI is InChI=1S/C10H10FNO5S/c11-9-2-1-7(3-8(9)10(13)14)18(15,16)12-6-4-17-5-6/h1-3,6,12H,4-5H2,(H,13,14). The van der Waals surface area contributed by atoms with E-state index in [4.69, 9.17) is 9.84 Å². The van der Waals surface area contributed by atoms with Crippen LogP contribution in [0.1, 0.15) is 10.4 Å². The fourth-order valence-corrected chi connectivity index (χ4v) is 2.66. The van der Waals surface area contributed by atoms with Gasteiger partial charge >= 0.3 is 5.97 Å². The molecule has 1 heterocycles. The average Bonchev–Trinajstić information content (AvgIpc) is 2.23. The lowest BCUT2D eigenvalue weighted by molar-refractivity contribution is 0.00482. The molecule has 0 unspecified atom stereocenters. The van der Waals surface area contributed by atoms with Gasteiger partial charge in [0.25, 0.3) is 0 Å². The predicted octanol–water partition coefficient (Wildman–Crippen LogP) is 0.201. The lowest BCUT2D eigenvalue weighted by Crippen LogP contribution is -2.48. The quantitative estimate of drug-likeness (QED) is 0.819. The summed E-state index contributed by atoms with van der Waals surface area (Å²) in [4.78, 5) is 10.4. The van der Waals surface area contributed by atoms with Gasteiger partial charge in [-0.2, -0.15) is 0 Å². The molecule has 0 aliphatic carbocycles. The lowest BCUT2D eigenvalue weighted by atomic mass is 10.2. The van der Waals surface area contributed by atoms with Crippen molar-refractivity contribution >= 4 is 16.0 Å². The van der Waals surface area contributed by atoms with Crippen LogP contribution in [0, 0.1) is 5.82 Å². The highest BCUT2D eigenvalue weighted by atomic mass is 32.2. The van der Waals surface area contributed by atoms with Gasteiger partial charge < -0.3 is 9.84 Å². The predicted molar refractivity (Wildman–Crippen MR) is 58.3 cm³/mol. The number of halogens is 1. The van der Waals surface area contributed by atoms with E-state index in [-0.39, 0.29) is 24.2 Å². The van der Waals surface area contributed by atoms with Gasteiger partial charge in [-0.05, 0) is 18.2 Å². The molecule has 1 aliphatic rings. The summed E-state index contributed by atoms with van der Waals surface area (Å²) in [7, 11) is -3.85. The Morgan fingerprint density at radius 3 is 2.61 bits per heavy atom. The van der Waals surface area contributed by atoms with E-state index in [0.29, 0.717) is 0 Å². The van der Waals surface area contributed by atoms with Crippen molar-refractivity contribution in [2.75, 3.05) is 13.2 Å². The zero-order valence-corrected chi connectivity index (χ0v) is 9.91. The van der Waals surface area contributed by atoms with Gasteiger partial charge in [0.15, 0.2) is 0 Å². The van der Waals surface area contributed by atoms with E-state index in [1.807, 2.05) is 0 Å². The van der Waals surface area contributed by atoms with E-state index < -0.39 is 27.4 Å². The van der Waals surface area contributed by atoms with Crippen molar-refractivity contribution in [3.8, 4) is 0 Å². The van der Waals surface area contributed by atoms with Gasteiger partial charge in [0.05, 0.1) is 29.7 Å². The highest BCUT2D eigenvalue weighted by Gasteiger charge is 2.26. The van der Waals surface area contributed by atoms with Crippen molar-refractivity contribution in [2.24, 2.45) is 0 Å². The molecule has 98 valence electrons. The van der Waals surface area contributed by atoms with Crippen molar-refractivity contribution < 1.29 is 27.4 Å². The first-order chi connectivity index (χ1) is 8.40. The molecule has 0 bridgehead atoms.